The number of hydrogen-bond donors (Lipinski definition) is 2. The van der Waals surface area contributed by atoms with Crippen molar-refractivity contribution in [2.45, 2.75) is 182 Å². The van der Waals surface area contributed by atoms with Crippen LogP contribution >= 0.6 is 0 Å². The lowest BCUT2D eigenvalue weighted by molar-refractivity contribution is -0.121. The zero-order chi connectivity index (χ0) is 30.7. The van der Waals surface area contributed by atoms with Crippen LogP contribution in [0.5, 0.6) is 0 Å². The van der Waals surface area contributed by atoms with Crippen LogP contribution in [0.25, 0.3) is 0 Å². The van der Waals surface area contributed by atoms with Crippen molar-refractivity contribution in [3.05, 3.63) is 24.3 Å². The van der Waals surface area contributed by atoms with E-state index in [4.69, 9.17) is 0 Å². The maximum Gasteiger partial charge on any atom is 0.227 e. The van der Waals surface area contributed by atoms with E-state index < -0.39 is 0 Å². The summed E-state index contributed by atoms with van der Waals surface area (Å²) in [4.78, 5) is 27.1. The third-order valence-corrected chi connectivity index (χ3v) is 8.73. The molecule has 1 radical (unpaired) electrons. The minimum absolute atomic E-state index is 0.0178. The van der Waals surface area contributed by atoms with Crippen LogP contribution in [0.1, 0.15) is 182 Å². The van der Waals surface area contributed by atoms with E-state index >= 15 is 0 Å². The maximum absolute atomic E-state index is 13.5. The molecule has 0 aliphatic carbocycles. The van der Waals surface area contributed by atoms with Gasteiger partial charge in [-0.1, -0.05) is 168 Å². The van der Waals surface area contributed by atoms with Crippen LogP contribution in [0.2, 0.25) is 0 Å². The molecule has 1 rings (SSSR count). The summed E-state index contributed by atoms with van der Waals surface area (Å²) in [6.45, 7) is 8.95. The number of amides is 2. The van der Waals surface area contributed by atoms with Gasteiger partial charge in [0.05, 0.1) is 11.4 Å². The van der Waals surface area contributed by atoms with Gasteiger partial charge in [-0.3, -0.25) is 9.59 Å². The molecule has 4 heteroatoms. The Kier molecular flexibility index (Phi) is 24.3. The summed E-state index contributed by atoms with van der Waals surface area (Å²) in [5.41, 5.74) is 1.29. The zero-order valence-electron chi connectivity index (χ0n) is 28.2. The van der Waals surface area contributed by atoms with Gasteiger partial charge < -0.3 is 10.6 Å². The molecule has 0 fully saturated rings. The van der Waals surface area contributed by atoms with Crippen LogP contribution in [-0.2, 0) is 9.59 Å². The molecule has 4 nitrogen and oxygen atoms in total. The quantitative estimate of drug-likeness (QED) is 0.0964. The molecule has 1 aromatic carbocycles. The molecule has 2 unspecified atom stereocenters. The number of unbranched alkanes of at least 4 members (excludes halogenated alkanes) is 16. The lowest BCUT2D eigenvalue weighted by Gasteiger charge is -2.20. The van der Waals surface area contributed by atoms with E-state index in [2.05, 4.69) is 44.4 Å². The minimum Gasteiger partial charge on any atom is -0.324 e. The first-order chi connectivity index (χ1) is 20.6. The molecule has 0 saturated carbocycles. The summed E-state index contributed by atoms with van der Waals surface area (Å²) < 4.78 is 0. The Morgan fingerprint density at radius 1 is 0.548 bits per heavy atom. The summed E-state index contributed by atoms with van der Waals surface area (Å²) in [7, 11) is 0. The molecule has 2 amide bonds. The third-order valence-electron chi connectivity index (χ3n) is 8.73. The van der Waals surface area contributed by atoms with Crippen molar-refractivity contribution in [1.82, 2.24) is 0 Å². The molecule has 0 saturated heterocycles. The van der Waals surface area contributed by atoms with Crippen LogP contribution in [0, 0.1) is 17.9 Å². The van der Waals surface area contributed by atoms with Gasteiger partial charge >= 0.3 is 0 Å². The number of benzene rings is 1. The molecule has 1 aromatic rings. The fourth-order valence-corrected chi connectivity index (χ4v) is 5.89. The Labute approximate surface area is 261 Å². The summed E-state index contributed by atoms with van der Waals surface area (Å²) in [6.07, 6.45) is 28.1. The van der Waals surface area contributed by atoms with E-state index in [1.165, 1.54) is 103 Å². The van der Waals surface area contributed by atoms with Gasteiger partial charge in [0.25, 0.3) is 0 Å². The third kappa shape index (κ3) is 18.6. The highest BCUT2D eigenvalue weighted by atomic mass is 16.2. The zero-order valence-corrected chi connectivity index (χ0v) is 28.2. The lowest BCUT2D eigenvalue weighted by Crippen LogP contribution is -2.26. The Hall–Kier alpha value is -1.84. The van der Waals surface area contributed by atoms with E-state index in [0.717, 1.165) is 51.4 Å². The van der Waals surface area contributed by atoms with Crippen LogP contribution in [0.4, 0.5) is 11.4 Å². The summed E-state index contributed by atoms with van der Waals surface area (Å²) >= 11 is 0. The van der Waals surface area contributed by atoms with Crippen molar-refractivity contribution in [2.24, 2.45) is 11.8 Å². The van der Waals surface area contributed by atoms with Crippen molar-refractivity contribution in [2.75, 3.05) is 10.6 Å². The molecule has 0 spiro atoms. The van der Waals surface area contributed by atoms with Crippen LogP contribution in [0.15, 0.2) is 18.2 Å². The van der Waals surface area contributed by atoms with Crippen LogP contribution in [-0.4, -0.2) is 11.8 Å². The number of carbonyl (C=O) groups excluding carboxylic acids is 2. The van der Waals surface area contributed by atoms with Gasteiger partial charge in [-0.05, 0) is 31.7 Å². The summed E-state index contributed by atoms with van der Waals surface area (Å²) in [5.74, 6) is 0.222. The molecule has 0 aliphatic heterocycles. The van der Waals surface area contributed by atoms with Crippen molar-refractivity contribution < 1.29 is 9.59 Å². The summed E-state index contributed by atoms with van der Waals surface area (Å²) in [5, 5.41) is 6.38. The first-order valence-electron chi connectivity index (χ1n) is 18.2. The fourth-order valence-electron chi connectivity index (χ4n) is 5.89. The molecule has 241 valence electrons. The van der Waals surface area contributed by atoms with E-state index in [-0.39, 0.29) is 23.7 Å². The fraction of sp³-hybridized carbons (Fsp3) is 0.789. The average Bonchev–Trinajstić information content (AvgIpc) is 2.99. The molecule has 2 N–H and O–H groups in total. The number of para-hydroxylation sites is 1. The van der Waals surface area contributed by atoms with Gasteiger partial charge in [0.2, 0.25) is 11.8 Å². The summed E-state index contributed by atoms with van der Waals surface area (Å²) in [6, 6.07) is 8.85. The Balaban J connectivity index is 2.82. The second kappa shape index (κ2) is 26.8. The van der Waals surface area contributed by atoms with E-state index in [1.54, 1.807) is 0 Å². The smallest absolute Gasteiger partial charge is 0.227 e. The monoisotopic (exact) mass is 584 g/mol. The number of hydrogen-bond acceptors (Lipinski definition) is 2. The lowest BCUT2D eigenvalue weighted by atomic mass is 9.93. The largest absolute Gasteiger partial charge is 0.324 e. The van der Waals surface area contributed by atoms with Gasteiger partial charge in [0.1, 0.15) is 0 Å². The highest BCUT2D eigenvalue weighted by molar-refractivity contribution is 6.00. The standard InChI is InChI=1S/C38H67N2O2/c1-5-9-13-17-19-23-29-33(27-21-15-11-7-3)37(41)39-35-31-25-26-32-36(35)40-38(42)34(28-22-16-12-8-4)30-24-20-18-14-10-6-2/h25-26,31,33-34H,5-24,27-30H2,1-4H3,(H,39,41)(H,40,42). The molecular weight excluding hydrogens is 516 g/mol. The molecule has 2 atom stereocenters. The normalized spacial score (nSPS) is 12.7. The average molecular weight is 584 g/mol. The van der Waals surface area contributed by atoms with E-state index in [0.29, 0.717) is 11.4 Å². The molecule has 0 bridgehead atoms. The molecule has 0 heterocycles. The number of nitrogens with one attached hydrogen (secondary N) is 2. The molecule has 0 aromatic heterocycles. The first kappa shape index (κ1) is 38.2. The second-order valence-corrected chi connectivity index (χ2v) is 12.6. The van der Waals surface area contributed by atoms with Gasteiger partial charge in [-0.2, -0.15) is 0 Å². The highest BCUT2D eigenvalue weighted by Crippen LogP contribution is 2.27. The number of rotatable bonds is 28. The first-order valence-corrected chi connectivity index (χ1v) is 18.2. The van der Waals surface area contributed by atoms with Crippen molar-refractivity contribution in [3.8, 4) is 0 Å². The predicted molar refractivity (Wildman–Crippen MR) is 183 cm³/mol. The van der Waals surface area contributed by atoms with Crippen molar-refractivity contribution in [3.63, 3.8) is 0 Å². The Bertz CT molecular complexity index is 728. The van der Waals surface area contributed by atoms with Crippen molar-refractivity contribution >= 4 is 23.2 Å². The van der Waals surface area contributed by atoms with Gasteiger partial charge in [-0.15, -0.1) is 0 Å². The van der Waals surface area contributed by atoms with Gasteiger partial charge in [-0.25, -0.2) is 0 Å². The van der Waals surface area contributed by atoms with Crippen molar-refractivity contribution in [1.29, 1.82) is 0 Å². The van der Waals surface area contributed by atoms with Gasteiger partial charge in [0, 0.05) is 17.9 Å². The molecule has 0 aliphatic rings. The van der Waals surface area contributed by atoms with Crippen LogP contribution in [0.3, 0.4) is 0 Å². The van der Waals surface area contributed by atoms with Gasteiger partial charge in [0.15, 0.2) is 0 Å². The molecule has 42 heavy (non-hydrogen) atoms. The predicted octanol–water partition coefficient (Wildman–Crippen LogP) is 12.0. The topological polar surface area (TPSA) is 58.2 Å². The van der Waals surface area contributed by atoms with E-state index in [9.17, 15) is 9.59 Å². The SMILES string of the molecule is CCCCCCCCC(CCCCCC)C(=O)Nc1[c]cccc1NC(=O)C(CCCCCC)CCCCCCCC. The second-order valence-electron chi connectivity index (χ2n) is 12.6. The Morgan fingerprint density at radius 2 is 0.905 bits per heavy atom. The maximum atomic E-state index is 13.5. The molecular formula is C38H67N2O2. The Morgan fingerprint density at radius 3 is 1.33 bits per heavy atom. The minimum atomic E-state index is 0.0178. The number of carbonyl (C=O) groups is 2. The van der Waals surface area contributed by atoms with E-state index in [1.807, 2.05) is 18.2 Å². The highest BCUT2D eigenvalue weighted by Gasteiger charge is 2.22. The van der Waals surface area contributed by atoms with Crippen LogP contribution < -0.4 is 10.6 Å². The number of anilines is 2.